The molecule has 2 unspecified atom stereocenters. The van der Waals surface area contributed by atoms with Gasteiger partial charge in [-0.2, -0.15) is 0 Å². The molecule has 0 radical (unpaired) electrons. The molecule has 0 bridgehead atoms. The van der Waals surface area contributed by atoms with Gasteiger partial charge in [0.15, 0.2) is 6.29 Å². The Hall–Kier alpha value is -0.850. The van der Waals surface area contributed by atoms with Crippen LogP contribution in [0.5, 0.6) is 0 Å². The number of hydrogen-bond donors (Lipinski definition) is 1. The van der Waals surface area contributed by atoms with Crippen LogP contribution in [0.3, 0.4) is 0 Å². The summed E-state index contributed by atoms with van der Waals surface area (Å²) in [6.07, 6.45) is -0.599. The predicted molar refractivity (Wildman–Crippen MR) is 85.8 cm³/mol. The minimum Gasteiger partial charge on any atom is -0.444 e. The van der Waals surface area contributed by atoms with Gasteiger partial charge in [0.2, 0.25) is 0 Å². The van der Waals surface area contributed by atoms with Crippen molar-refractivity contribution in [3.05, 3.63) is 0 Å². The van der Waals surface area contributed by atoms with Crippen molar-refractivity contribution in [3.63, 3.8) is 0 Å². The van der Waals surface area contributed by atoms with Crippen LogP contribution in [0.25, 0.3) is 0 Å². The number of nitrogens with zero attached hydrogens (tertiary/aromatic N) is 1. The number of carbonyl (C=O) groups is 1. The predicted octanol–water partition coefficient (Wildman–Crippen LogP) is 2.37. The van der Waals surface area contributed by atoms with Crippen LogP contribution in [0.15, 0.2) is 0 Å². The highest BCUT2D eigenvalue weighted by molar-refractivity contribution is 5.68. The van der Waals surface area contributed by atoms with Crippen molar-refractivity contribution in [2.24, 2.45) is 0 Å². The van der Waals surface area contributed by atoms with Crippen molar-refractivity contribution in [3.8, 4) is 0 Å². The van der Waals surface area contributed by atoms with Gasteiger partial charge < -0.3 is 19.5 Å². The maximum absolute atomic E-state index is 11.8. The average molecular weight is 316 g/mol. The quantitative estimate of drug-likeness (QED) is 0.863. The third kappa shape index (κ3) is 8.56. The number of nitrogens with one attached hydrogen (secondary N) is 1. The molecule has 1 heterocycles. The Balaban J connectivity index is 2.37. The van der Waals surface area contributed by atoms with Gasteiger partial charge in [0.1, 0.15) is 5.60 Å². The number of rotatable bonds is 4. The molecule has 1 aliphatic rings. The zero-order valence-corrected chi connectivity index (χ0v) is 15.1. The van der Waals surface area contributed by atoms with E-state index in [1.165, 1.54) is 0 Å². The molecule has 6 nitrogen and oxygen atoms in total. The van der Waals surface area contributed by atoms with Crippen LogP contribution in [-0.4, -0.2) is 60.8 Å². The van der Waals surface area contributed by atoms with Crippen molar-refractivity contribution in [2.75, 3.05) is 26.2 Å². The monoisotopic (exact) mass is 316 g/mol. The second-order valence-electron chi connectivity index (χ2n) is 7.84. The van der Waals surface area contributed by atoms with Crippen LogP contribution in [0.4, 0.5) is 4.79 Å². The lowest BCUT2D eigenvalue weighted by Gasteiger charge is -2.37. The van der Waals surface area contributed by atoms with E-state index in [2.05, 4.69) is 10.2 Å². The first kappa shape index (κ1) is 19.2. The van der Waals surface area contributed by atoms with Crippen LogP contribution in [0.2, 0.25) is 0 Å². The highest BCUT2D eigenvalue weighted by Gasteiger charge is 2.27. The van der Waals surface area contributed by atoms with Crippen molar-refractivity contribution in [2.45, 2.75) is 72.0 Å². The Labute approximate surface area is 134 Å². The van der Waals surface area contributed by atoms with E-state index in [-0.39, 0.29) is 24.0 Å². The minimum absolute atomic E-state index is 0.00300. The first-order valence-electron chi connectivity index (χ1n) is 7.96. The Bertz CT molecular complexity index is 360. The van der Waals surface area contributed by atoms with E-state index >= 15 is 0 Å². The first-order valence-corrected chi connectivity index (χ1v) is 7.96. The van der Waals surface area contributed by atoms with Crippen LogP contribution >= 0.6 is 0 Å². The van der Waals surface area contributed by atoms with E-state index in [1.54, 1.807) is 0 Å². The molecule has 2 atom stereocenters. The number of hydrogen-bond acceptors (Lipinski definition) is 5. The zero-order chi connectivity index (χ0) is 17.0. The first-order chi connectivity index (χ1) is 9.94. The third-order valence-electron chi connectivity index (χ3n) is 2.90. The zero-order valence-electron chi connectivity index (χ0n) is 15.1. The molecule has 6 heteroatoms. The number of amides is 1. The van der Waals surface area contributed by atoms with Crippen LogP contribution < -0.4 is 5.32 Å². The lowest BCUT2D eigenvalue weighted by Crippen LogP contribution is -2.51. The molecule has 1 amide bonds. The highest BCUT2D eigenvalue weighted by atomic mass is 16.7. The van der Waals surface area contributed by atoms with Crippen molar-refractivity contribution < 1.29 is 19.0 Å². The Morgan fingerprint density at radius 3 is 2.45 bits per heavy atom. The fourth-order valence-corrected chi connectivity index (χ4v) is 2.24. The molecule has 1 saturated heterocycles. The molecular weight excluding hydrogens is 284 g/mol. The molecule has 130 valence electrons. The average Bonchev–Trinajstić information content (AvgIpc) is 2.23. The van der Waals surface area contributed by atoms with E-state index in [9.17, 15) is 4.79 Å². The van der Waals surface area contributed by atoms with E-state index in [0.29, 0.717) is 13.2 Å². The smallest absolute Gasteiger partial charge is 0.407 e. The molecule has 0 aromatic heterocycles. The lowest BCUT2D eigenvalue weighted by atomic mass is 10.2. The SMILES string of the molecule is CC(CN1CCOC(OC(C)(C)C)C1)NC(=O)OC(C)(C)C. The molecule has 0 aliphatic carbocycles. The van der Waals surface area contributed by atoms with Gasteiger partial charge >= 0.3 is 6.09 Å². The summed E-state index contributed by atoms with van der Waals surface area (Å²) in [5, 5.41) is 2.86. The number of ether oxygens (including phenoxy) is 3. The van der Waals surface area contributed by atoms with E-state index in [1.807, 2.05) is 48.5 Å². The van der Waals surface area contributed by atoms with Gasteiger partial charge in [-0.15, -0.1) is 0 Å². The molecule has 1 N–H and O–H groups in total. The van der Waals surface area contributed by atoms with Gasteiger partial charge in [0, 0.05) is 25.7 Å². The molecule has 1 aliphatic heterocycles. The number of morpholine rings is 1. The highest BCUT2D eigenvalue weighted by Crippen LogP contribution is 2.15. The van der Waals surface area contributed by atoms with Crippen molar-refractivity contribution in [1.82, 2.24) is 10.2 Å². The summed E-state index contributed by atoms with van der Waals surface area (Å²) < 4.78 is 16.8. The Morgan fingerprint density at radius 1 is 1.27 bits per heavy atom. The van der Waals surface area contributed by atoms with Gasteiger partial charge in [-0.05, 0) is 48.5 Å². The maximum Gasteiger partial charge on any atom is 0.407 e. The van der Waals surface area contributed by atoms with Crippen molar-refractivity contribution in [1.29, 1.82) is 0 Å². The van der Waals surface area contributed by atoms with Gasteiger partial charge in [-0.3, -0.25) is 4.90 Å². The molecule has 0 saturated carbocycles. The molecule has 0 spiro atoms. The topological polar surface area (TPSA) is 60.0 Å². The van der Waals surface area contributed by atoms with Crippen LogP contribution in [0.1, 0.15) is 48.5 Å². The molecule has 22 heavy (non-hydrogen) atoms. The van der Waals surface area contributed by atoms with E-state index in [4.69, 9.17) is 14.2 Å². The van der Waals surface area contributed by atoms with Crippen LogP contribution in [0, 0.1) is 0 Å². The van der Waals surface area contributed by atoms with Crippen LogP contribution in [-0.2, 0) is 14.2 Å². The third-order valence-corrected chi connectivity index (χ3v) is 2.90. The summed E-state index contributed by atoms with van der Waals surface area (Å²) >= 11 is 0. The second-order valence-corrected chi connectivity index (χ2v) is 7.84. The van der Waals surface area contributed by atoms with Gasteiger partial charge in [0.25, 0.3) is 0 Å². The molecule has 0 aromatic carbocycles. The lowest BCUT2D eigenvalue weighted by molar-refractivity contribution is -0.222. The second kappa shape index (κ2) is 7.62. The Morgan fingerprint density at radius 2 is 1.91 bits per heavy atom. The maximum atomic E-state index is 11.8. The van der Waals surface area contributed by atoms with Gasteiger partial charge in [-0.1, -0.05) is 0 Å². The summed E-state index contributed by atoms with van der Waals surface area (Å²) in [4.78, 5) is 14.0. The molecule has 0 aromatic rings. The van der Waals surface area contributed by atoms with E-state index in [0.717, 1.165) is 13.1 Å². The van der Waals surface area contributed by atoms with Gasteiger partial charge in [-0.25, -0.2) is 4.79 Å². The number of alkyl carbamates (subject to hydrolysis) is 1. The minimum atomic E-state index is -0.478. The largest absolute Gasteiger partial charge is 0.444 e. The van der Waals surface area contributed by atoms with E-state index < -0.39 is 5.60 Å². The summed E-state index contributed by atoms with van der Waals surface area (Å²) in [6.45, 7) is 16.5. The summed E-state index contributed by atoms with van der Waals surface area (Å²) in [7, 11) is 0. The number of carbonyl (C=O) groups excluding carboxylic acids is 1. The van der Waals surface area contributed by atoms with Gasteiger partial charge in [0.05, 0.1) is 12.2 Å². The molecule has 1 rings (SSSR count). The summed E-state index contributed by atoms with van der Waals surface area (Å²) in [5.74, 6) is 0. The standard InChI is InChI=1S/C16H32N2O4/c1-12(17-14(19)22-16(5,6)7)10-18-8-9-20-13(11-18)21-15(2,3)4/h12-13H,8-11H2,1-7H3,(H,17,19). The van der Waals surface area contributed by atoms with Crippen molar-refractivity contribution >= 4 is 6.09 Å². The summed E-state index contributed by atoms with van der Waals surface area (Å²) in [5.41, 5.74) is -0.706. The summed E-state index contributed by atoms with van der Waals surface area (Å²) in [6, 6.07) is 0.00300. The fraction of sp³-hybridized carbons (Fsp3) is 0.938. The fourth-order valence-electron chi connectivity index (χ4n) is 2.24. The normalized spacial score (nSPS) is 22.2. The molecular formula is C16H32N2O4. The molecule has 1 fully saturated rings. The Kier molecular flexibility index (Phi) is 6.65.